The number of fused-ring (bicyclic) bond motifs is 1. The minimum Gasteiger partial charge on any atom is -0.478 e. The summed E-state index contributed by atoms with van der Waals surface area (Å²) in [7, 11) is 0. The summed E-state index contributed by atoms with van der Waals surface area (Å²) in [6.07, 6.45) is 3.55. The van der Waals surface area contributed by atoms with Crippen molar-refractivity contribution in [3.8, 4) is 5.69 Å². The van der Waals surface area contributed by atoms with Crippen LogP contribution in [0, 0.1) is 0 Å². The van der Waals surface area contributed by atoms with Crippen LogP contribution >= 0.6 is 22.9 Å². The Hall–Kier alpha value is -3.22. The van der Waals surface area contributed by atoms with Crippen molar-refractivity contribution in [2.75, 3.05) is 0 Å². The summed E-state index contributed by atoms with van der Waals surface area (Å²) in [6, 6.07) is 15.1. The zero-order valence-corrected chi connectivity index (χ0v) is 15.9. The maximum absolute atomic E-state index is 13.2. The van der Waals surface area contributed by atoms with E-state index in [2.05, 4.69) is 4.98 Å². The van der Waals surface area contributed by atoms with Crippen LogP contribution in [0.4, 0.5) is 0 Å². The first-order valence-electron chi connectivity index (χ1n) is 8.30. The molecule has 0 radical (unpaired) electrons. The molecule has 0 spiro atoms. The van der Waals surface area contributed by atoms with E-state index < -0.39 is 5.97 Å². The lowest BCUT2D eigenvalue weighted by Crippen LogP contribution is -2.22. The van der Waals surface area contributed by atoms with Crippen molar-refractivity contribution < 1.29 is 9.90 Å². The number of para-hydroxylation sites is 1. The number of aromatic carboxylic acids is 1. The van der Waals surface area contributed by atoms with Gasteiger partial charge in [0.05, 0.1) is 27.2 Å². The normalized spacial score (nSPS) is 11.3. The maximum atomic E-state index is 13.2. The first-order chi connectivity index (χ1) is 13.5. The van der Waals surface area contributed by atoms with Crippen molar-refractivity contribution in [2.45, 2.75) is 0 Å². The van der Waals surface area contributed by atoms with Crippen LogP contribution in [0.2, 0.25) is 5.02 Å². The lowest BCUT2D eigenvalue weighted by molar-refractivity contribution is 0.0697. The van der Waals surface area contributed by atoms with Gasteiger partial charge in [0.1, 0.15) is 5.82 Å². The monoisotopic (exact) mass is 408 g/mol. The van der Waals surface area contributed by atoms with Gasteiger partial charge >= 0.3 is 5.97 Å². The molecule has 5 nitrogen and oxygen atoms in total. The third kappa shape index (κ3) is 3.47. The number of thiophene rings is 1. The van der Waals surface area contributed by atoms with E-state index in [9.17, 15) is 14.7 Å². The summed E-state index contributed by atoms with van der Waals surface area (Å²) < 4.78 is 1.42. The number of carboxylic acid groups (broad SMARTS) is 1. The smallest absolute Gasteiger partial charge is 0.335 e. The van der Waals surface area contributed by atoms with Crippen molar-refractivity contribution in [3.05, 3.63) is 91.6 Å². The lowest BCUT2D eigenvalue weighted by Gasteiger charge is -2.12. The molecule has 0 fully saturated rings. The van der Waals surface area contributed by atoms with Gasteiger partial charge in [0, 0.05) is 10.3 Å². The van der Waals surface area contributed by atoms with Gasteiger partial charge in [-0.05, 0) is 48.6 Å². The van der Waals surface area contributed by atoms with E-state index in [1.165, 1.54) is 28.0 Å². The Morgan fingerprint density at radius 1 is 1.11 bits per heavy atom. The average Bonchev–Trinajstić information content (AvgIpc) is 3.12. The van der Waals surface area contributed by atoms with Crippen LogP contribution in [-0.4, -0.2) is 20.6 Å². The fourth-order valence-corrected chi connectivity index (χ4v) is 3.84. The van der Waals surface area contributed by atoms with Gasteiger partial charge in [-0.3, -0.25) is 9.36 Å². The van der Waals surface area contributed by atoms with Crippen LogP contribution in [0.3, 0.4) is 0 Å². The number of carboxylic acids is 1. The molecule has 4 rings (SSSR count). The molecule has 2 heterocycles. The Kier molecular flexibility index (Phi) is 4.81. The molecule has 0 aliphatic rings. The quantitative estimate of drug-likeness (QED) is 0.517. The summed E-state index contributed by atoms with van der Waals surface area (Å²) in [5, 5.41) is 12.2. The van der Waals surface area contributed by atoms with Crippen LogP contribution in [0.25, 0.3) is 28.7 Å². The molecule has 0 saturated carbocycles. The van der Waals surface area contributed by atoms with E-state index in [-0.39, 0.29) is 11.1 Å². The molecule has 7 heteroatoms. The summed E-state index contributed by atoms with van der Waals surface area (Å²) in [6.45, 7) is 0. The minimum absolute atomic E-state index is 0.0949. The minimum atomic E-state index is -1.06. The van der Waals surface area contributed by atoms with E-state index in [1.54, 1.807) is 36.4 Å². The molecule has 0 aliphatic heterocycles. The van der Waals surface area contributed by atoms with Crippen molar-refractivity contribution in [1.29, 1.82) is 0 Å². The Balaban J connectivity index is 1.96. The molecule has 4 aromatic rings. The SMILES string of the molecule is O=C(O)c1cccc(-n2c(/C=C/c3cc(Cl)cs3)nc3ccccc3c2=O)c1. The first kappa shape index (κ1) is 18.2. The summed E-state index contributed by atoms with van der Waals surface area (Å²) in [5.74, 6) is -0.662. The van der Waals surface area contributed by atoms with Crippen LogP contribution < -0.4 is 5.56 Å². The highest BCUT2D eigenvalue weighted by atomic mass is 35.5. The molecular formula is C21H13ClN2O3S. The molecule has 0 saturated heterocycles. The highest BCUT2D eigenvalue weighted by Gasteiger charge is 2.13. The van der Waals surface area contributed by atoms with E-state index in [0.29, 0.717) is 27.4 Å². The Morgan fingerprint density at radius 2 is 1.93 bits per heavy atom. The van der Waals surface area contributed by atoms with E-state index in [1.807, 2.05) is 23.6 Å². The topological polar surface area (TPSA) is 72.2 Å². The number of hydrogen-bond acceptors (Lipinski definition) is 4. The first-order valence-corrected chi connectivity index (χ1v) is 9.56. The maximum Gasteiger partial charge on any atom is 0.335 e. The molecule has 0 atom stereocenters. The standard InChI is InChI=1S/C21H13ClN2O3S/c22-14-11-16(28-12-14)8-9-19-23-18-7-2-1-6-17(18)20(25)24(19)15-5-3-4-13(10-15)21(26)27/h1-12H,(H,26,27)/b9-8+. The highest BCUT2D eigenvalue weighted by molar-refractivity contribution is 7.11. The number of benzene rings is 2. The second-order valence-electron chi connectivity index (χ2n) is 5.98. The van der Waals surface area contributed by atoms with Gasteiger partial charge in [-0.25, -0.2) is 9.78 Å². The van der Waals surface area contributed by atoms with Crippen molar-refractivity contribution in [2.24, 2.45) is 0 Å². The van der Waals surface area contributed by atoms with Gasteiger partial charge in [-0.2, -0.15) is 0 Å². The molecule has 0 amide bonds. The fraction of sp³-hybridized carbons (Fsp3) is 0. The van der Waals surface area contributed by atoms with Gasteiger partial charge < -0.3 is 5.11 Å². The molecule has 2 aromatic carbocycles. The molecule has 138 valence electrons. The summed E-state index contributed by atoms with van der Waals surface area (Å²) in [4.78, 5) is 30.0. The van der Waals surface area contributed by atoms with Crippen molar-refractivity contribution >= 4 is 52.0 Å². The van der Waals surface area contributed by atoms with Crippen LogP contribution in [-0.2, 0) is 0 Å². The number of nitrogens with zero attached hydrogens (tertiary/aromatic N) is 2. The predicted molar refractivity (Wildman–Crippen MR) is 113 cm³/mol. The molecule has 1 N–H and O–H groups in total. The second kappa shape index (κ2) is 7.42. The molecule has 28 heavy (non-hydrogen) atoms. The Bertz CT molecular complexity index is 1290. The van der Waals surface area contributed by atoms with Crippen LogP contribution in [0.15, 0.2) is 64.8 Å². The average molecular weight is 409 g/mol. The van der Waals surface area contributed by atoms with Crippen LogP contribution in [0.5, 0.6) is 0 Å². The van der Waals surface area contributed by atoms with E-state index in [0.717, 1.165) is 4.88 Å². The van der Waals surface area contributed by atoms with Crippen LogP contribution in [0.1, 0.15) is 21.1 Å². The molecule has 0 bridgehead atoms. The van der Waals surface area contributed by atoms with Gasteiger partial charge in [0.2, 0.25) is 0 Å². The third-order valence-electron chi connectivity index (χ3n) is 4.14. The number of rotatable bonds is 4. The van der Waals surface area contributed by atoms with Crippen molar-refractivity contribution in [1.82, 2.24) is 9.55 Å². The number of halogens is 1. The third-order valence-corrected chi connectivity index (χ3v) is 5.38. The Morgan fingerprint density at radius 3 is 2.68 bits per heavy atom. The summed E-state index contributed by atoms with van der Waals surface area (Å²) in [5.41, 5.74) is 0.837. The van der Waals surface area contributed by atoms with E-state index >= 15 is 0 Å². The van der Waals surface area contributed by atoms with Gasteiger partial charge in [0.25, 0.3) is 5.56 Å². The lowest BCUT2D eigenvalue weighted by atomic mass is 10.2. The fourth-order valence-electron chi connectivity index (χ4n) is 2.86. The molecule has 2 aromatic heterocycles. The second-order valence-corrected chi connectivity index (χ2v) is 7.36. The summed E-state index contributed by atoms with van der Waals surface area (Å²) >= 11 is 7.44. The van der Waals surface area contributed by atoms with Crippen molar-refractivity contribution in [3.63, 3.8) is 0 Å². The zero-order valence-electron chi connectivity index (χ0n) is 14.4. The largest absolute Gasteiger partial charge is 0.478 e. The zero-order chi connectivity index (χ0) is 19.7. The predicted octanol–water partition coefficient (Wildman–Crippen LogP) is 4.97. The number of aromatic nitrogens is 2. The molecule has 0 unspecified atom stereocenters. The van der Waals surface area contributed by atoms with Gasteiger partial charge in [-0.15, -0.1) is 11.3 Å². The number of carbonyl (C=O) groups is 1. The highest BCUT2D eigenvalue weighted by Crippen LogP contribution is 2.22. The number of hydrogen-bond donors (Lipinski definition) is 1. The van der Waals surface area contributed by atoms with E-state index in [4.69, 9.17) is 11.6 Å². The van der Waals surface area contributed by atoms with Gasteiger partial charge in [0.15, 0.2) is 0 Å². The molecular weight excluding hydrogens is 396 g/mol. The Labute approximate surface area is 168 Å². The molecule has 0 aliphatic carbocycles. The van der Waals surface area contributed by atoms with Gasteiger partial charge in [-0.1, -0.05) is 29.8 Å².